The molecule has 1 saturated heterocycles. The second-order valence-electron chi connectivity index (χ2n) is 8.29. The van der Waals surface area contributed by atoms with Crippen LogP contribution in [0, 0.1) is 0 Å². The van der Waals surface area contributed by atoms with Crippen molar-refractivity contribution in [2.45, 2.75) is 38.0 Å². The van der Waals surface area contributed by atoms with Crippen molar-refractivity contribution in [1.82, 2.24) is 24.7 Å². The summed E-state index contributed by atoms with van der Waals surface area (Å²) in [5, 5.41) is 5.67. The molecule has 1 aliphatic heterocycles. The van der Waals surface area contributed by atoms with Gasteiger partial charge in [0.25, 0.3) is 0 Å². The number of fused-ring (bicyclic) bond motifs is 3. The number of rotatable bonds is 3. The number of anilines is 1. The quantitative estimate of drug-likeness (QED) is 0.497. The fourth-order valence-corrected chi connectivity index (χ4v) is 6.26. The summed E-state index contributed by atoms with van der Waals surface area (Å²) in [7, 11) is 2.05. The van der Waals surface area contributed by atoms with Gasteiger partial charge in [-0.25, -0.2) is 9.97 Å². The van der Waals surface area contributed by atoms with Gasteiger partial charge in [0.1, 0.15) is 10.6 Å². The lowest BCUT2D eigenvalue weighted by Gasteiger charge is -2.33. The van der Waals surface area contributed by atoms with Crippen molar-refractivity contribution in [2.75, 3.05) is 18.0 Å². The van der Waals surface area contributed by atoms with Crippen LogP contribution in [0.1, 0.15) is 41.3 Å². The molecule has 1 fully saturated rings. The van der Waals surface area contributed by atoms with Crippen molar-refractivity contribution in [3.63, 3.8) is 0 Å². The lowest BCUT2D eigenvalue weighted by molar-refractivity contribution is 0.476. The minimum Gasteiger partial charge on any atom is -0.356 e. The molecular weight excluding hydrogens is 392 g/mol. The minimum absolute atomic E-state index is 0.567. The molecule has 152 valence electrons. The van der Waals surface area contributed by atoms with Gasteiger partial charge in [0, 0.05) is 60.8 Å². The van der Waals surface area contributed by atoms with E-state index in [9.17, 15) is 0 Å². The summed E-state index contributed by atoms with van der Waals surface area (Å²) in [4.78, 5) is 19.5. The van der Waals surface area contributed by atoms with Gasteiger partial charge in [-0.3, -0.25) is 9.67 Å². The van der Waals surface area contributed by atoms with Crippen molar-refractivity contribution >= 4 is 27.4 Å². The molecule has 0 atom stereocenters. The molecular formula is C23H24N6S. The average Bonchev–Trinajstić information content (AvgIpc) is 3.50. The zero-order valence-electron chi connectivity index (χ0n) is 17.1. The summed E-state index contributed by atoms with van der Waals surface area (Å²) in [6, 6.07) is 6.17. The van der Waals surface area contributed by atoms with Crippen LogP contribution in [-0.2, 0) is 19.9 Å². The van der Waals surface area contributed by atoms with Crippen LogP contribution in [-0.4, -0.2) is 37.8 Å². The lowest BCUT2D eigenvalue weighted by atomic mass is 9.93. The smallest absolute Gasteiger partial charge is 0.164 e. The monoisotopic (exact) mass is 416 g/mol. The number of nitrogens with zero attached hydrogens (tertiary/aromatic N) is 6. The van der Waals surface area contributed by atoms with Crippen LogP contribution in [0.2, 0.25) is 0 Å². The Labute approximate surface area is 179 Å². The van der Waals surface area contributed by atoms with Crippen molar-refractivity contribution < 1.29 is 0 Å². The van der Waals surface area contributed by atoms with E-state index >= 15 is 0 Å². The van der Waals surface area contributed by atoms with Gasteiger partial charge in [-0.2, -0.15) is 5.10 Å². The van der Waals surface area contributed by atoms with Gasteiger partial charge in [-0.15, -0.1) is 11.3 Å². The summed E-state index contributed by atoms with van der Waals surface area (Å²) < 4.78 is 2.02. The Morgan fingerprint density at radius 2 is 1.97 bits per heavy atom. The summed E-state index contributed by atoms with van der Waals surface area (Å²) >= 11 is 1.86. The van der Waals surface area contributed by atoms with Gasteiger partial charge < -0.3 is 4.90 Å². The Balaban J connectivity index is 1.40. The maximum atomic E-state index is 5.11. The molecule has 30 heavy (non-hydrogen) atoms. The molecule has 0 aromatic carbocycles. The van der Waals surface area contributed by atoms with Gasteiger partial charge in [0.15, 0.2) is 5.82 Å². The molecule has 0 spiro atoms. The van der Waals surface area contributed by atoms with E-state index in [1.54, 1.807) is 6.20 Å². The predicted molar refractivity (Wildman–Crippen MR) is 120 cm³/mol. The van der Waals surface area contributed by atoms with Crippen LogP contribution in [0.4, 0.5) is 5.82 Å². The maximum Gasteiger partial charge on any atom is 0.164 e. The van der Waals surface area contributed by atoms with Crippen LogP contribution in [0.25, 0.3) is 21.6 Å². The van der Waals surface area contributed by atoms with E-state index in [2.05, 4.69) is 21.0 Å². The van der Waals surface area contributed by atoms with Crippen LogP contribution in [0.15, 0.2) is 36.8 Å². The van der Waals surface area contributed by atoms with Crippen LogP contribution in [0.5, 0.6) is 0 Å². The van der Waals surface area contributed by atoms with E-state index < -0.39 is 0 Å². The molecule has 0 unspecified atom stereocenters. The zero-order chi connectivity index (χ0) is 20.1. The maximum absolute atomic E-state index is 5.11. The topological polar surface area (TPSA) is 59.7 Å². The highest BCUT2D eigenvalue weighted by Gasteiger charge is 2.28. The first kappa shape index (κ1) is 18.0. The fourth-order valence-electron chi connectivity index (χ4n) is 5.00. The summed E-state index contributed by atoms with van der Waals surface area (Å²) in [5.74, 6) is 2.48. The SMILES string of the molecule is Cn1nccc1C1CCN(c2nc(-c3cccnc3)nc3sc4c(c23)CCC4)CC1. The van der Waals surface area contributed by atoms with E-state index in [-0.39, 0.29) is 0 Å². The largest absolute Gasteiger partial charge is 0.356 e. The highest BCUT2D eigenvalue weighted by molar-refractivity contribution is 7.19. The van der Waals surface area contributed by atoms with Gasteiger partial charge in [-0.05, 0) is 55.9 Å². The van der Waals surface area contributed by atoms with E-state index in [1.807, 2.05) is 47.6 Å². The first-order valence-electron chi connectivity index (χ1n) is 10.7. The molecule has 0 bridgehead atoms. The standard InChI is InChI=1S/C23H24N6S/c1-28-18(7-11-25-28)15-8-12-29(13-9-15)22-20-17-5-2-6-19(17)30-23(20)27-21(26-22)16-4-3-10-24-14-16/h3-4,7,10-11,14-15H,2,5-6,8-9,12-13H2,1H3. The van der Waals surface area contributed by atoms with Gasteiger partial charge in [-0.1, -0.05) is 0 Å². The number of aryl methyl sites for hydroxylation is 3. The molecule has 2 aliphatic rings. The highest BCUT2D eigenvalue weighted by atomic mass is 32.1. The normalized spacial score (nSPS) is 17.0. The molecule has 4 aromatic heterocycles. The van der Waals surface area contributed by atoms with Gasteiger partial charge >= 0.3 is 0 Å². The Morgan fingerprint density at radius 1 is 1.07 bits per heavy atom. The predicted octanol–water partition coefficient (Wildman–Crippen LogP) is 4.36. The van der Waals surface area contributed by atoms with Gasteiger partial charge in [0.05, 0.1) is 5.39 Å². The van der Waals surface area contributed by atoms with E-state index in [1.165, 1.54) is 34.4 Å². The Bertz CT molecular complexity index is 1200. The second kappa shape index (κ2) is 7.16. The Kier molecular flexibility index (Phi) is 4.30. The molecule has 4 aromatic rings. The first-order chi connectivity index (χ1) is 14.8. The molecule has 0 amide bonds. The molecule has 5 heterocycles. The molecule has 1 aliphatic carbocycles. The third-order valence-corrected chi connectivity index (χ3v) is 7.72. The Morgan fingerprint density at radius 3 is 2.73 bits per heavy atom. The first-order valence-corrected chi connectivity index (χ1v) is 11.5. The number of hydrogen-bond acceptors (Lipinski definition) is 6. The number of hydrogen-bond donors (Lipinski definition) is 0. The third-order valence-electron chi connectivity index (χ3n) is 6.54. The summed E-state index contributed by atoms with van der Waals surface area (Å²) in [5.41, 5.74) is 3.82. The highest BCUT2D eigenvalue weighted by Crippen LogP contribution is 2.42. The molecule has 0 saturated carbocycles. The molecule has 0 N–H and O–H groups in total. The molecule has 7 heteroatoms. The van der Waals surface area contributed by atoms with Crippen LogP contribution in [0.3, 0.4) is 0 Å². The number of aromatic nitrogens is 5. The molecule has 0 radical (unpaired) electrons. The lowest BCUT2D eigenvalue weighted by Crippen LogP contribution is -2.34. The number of piperidine rings is 1. The summed E-state index contributed by atoms with van der Waals surface area (Å²) in [6.07, 6.45) is 11.4. The third kappa shape index (κ3) is 2.91. The zero-order valence-corrected chi connectivity index (χ0v) is 17.9. The van der Waals surface area contributed by atoms with Crippen LogP contribution >= 0.6 is 11.3 Å². The summed E-state index contributed by atoms with van der Waals surface area (Å²) in [6.45, 7) is 2.03. The number of pyridine rings is 1. The average molecular weight is 417 g/mol. The van der Waals surface area contributed by atoms with Crippen molar-refractivity contribution in [3.05, 3.63) is 52.9 Å². The second-order valence-corrected chi connectivity index (χ2v) is 9.37. The van der Waals surface area contributed by atoms with E-state index in [0.717, 1.165) is 54.4 Å². The van der Waals surface area contributed by atoms with Crippen LogP contribution < -0.4 is 4.90 Å². The van der Waals surface area contributed by atoms with Crippen molar-refractivity contribution in [2.24, 2.45) is 7.05 Å². The molecule has 6 rings (SSSR count). The van der Waals surface area contributed by atoms with E-state index in [4.69, 9.17) is 9.97 Å². The molecule has 6 nitrogen and oxygen atoms in total. The fraction of sp³-hybridized carbons (Fsp3) is 0.391. The van der Waals surface area contributed by atoms with Gasteiger partial charge in [0.2, 0.25) is 0 Å². The van der Waals surface area contributed by atoms with Crippen molar-refractivity contribution in [3.8, 4) is 11.4 Å². The number of thiophene rings is 1. The van der Waals surface area contributed by atoms with E-state index in [0.29, 0.717) is 5.92 Å². The minimum atomic E-state index is 0.567. The Hall–Kier alpha value is -2.80. The van der Waals surface area contributed by atoms with Crippen molar-refractivity contribution in [1.29, 1.82) is 0 Å².